The van der Waals surface area contributed by atoms with Crippen LogP contribution in [0.15, 0.2) is 42.5 Å². The predicted octanol–water partition coefficient (Wildman–Crippen LogP) is 3.37. The Balaban J connectivity index is 0.000000208. The number of rotatable bonds is 3. The number of fused-ring (bicyclic) bond motifs is 1. The third-order valence-corrected chi connectivity index (χ3v) is 3.35. The zero-order chi connectivity index (χ0) is 18.6. The number of nitro groups is 3. The monoisotopic (exact) mass is 345 g/mol. The van der Waals surface area contributed by atoms with Crippen molar-refractivity contribution in [1.82, 2.24) is 0 Å². The Bertz CT molecular complexity index is 857. The van der Waals surface area contributed by atoms with Gasteiger partial charge in [0.25, 0.3) is 11.4 Å². The van der Waals surface area contributed by atoms with Gasteiger partial charge in [0, 0.05) is 0 Å². The summed E-state index contributed by atoms with van der Waals surface area (Å²) < 4.78 is 0. The number of hydrogen-bond donors (Lipinski definition) is 1. The molecule has 0 bridgehead atoms. The highest BCUT2D eigenvalue weighted by Crippen LogP contribution is 2.38. The van der Waals surface area contributed by atoms with E-state index in [0.29, 0.717) is 12.1 Å². The summed E-state index contributed by atoms with van der Waals surface area (Å²) >= 11 is 0. The van der Waals surface area contributed by atoms with Gasteiger partial charge in [-0.2, -0.15) is 0 Å². The number of allylic oxidation sites excluding steroid dienone is 1. The molecule has 10 nitrogen and oxygen atoms in total. The summed E-state index contributed by atoms with van der Waals surface area (Å²) in [5.41, 5.74) is -0.159. The minimum Gasteiger partial charge on any atom is -0.497 e. The first kappa shape index (κ1) is 17.5. The first-order valence-electron chi connectivity index (χ1n) is 6.86. The van der Waals surface area contributed by atoms with Gasteiger partial charge in [-0.25, -0.2) is 0 Å². The molecule has 2 aromatic rings. The minimum absolute atomic E-state index is 0.447. The molecule has 0 heterocycles. The van der Waals surface area contributed by atoms with Crippen molar-refractivity contribution >= 4 is 23.1 Å². The fourth-order valence-electron chi connectivity index (χ4n) is 2.17. The van der Waals surface area contributed by atoms with E-state index in [0.717, 1.165) is 6.42 Å². The molecular weight excluding hydrogens is 334 g/mol. The van der Waals surface area contributed by atoms with Crippen LogP contribution in [0.4, 0.5) is 17.1 Å². The molecule has 0 amide bonds. The van der Waals surface area contributed by atoms with Crippen molar-refractivity contribution in [2.45, 2.75) is 6.42 Å². The number of non-ortho nitro benzene ring substituents is 1. The molecule has 0 spiro atoms. The largest absolute Gasteiger partial charge is 0.497 e. The Morgan fingerprint density at radius 3 is 1.92 bits per heavy atom. The highest BCUT2D eigenvalue weighted by Gasteiger charge is 2.30. The molecule has 0 saturated heterocycles. The van der Waals surface area contributed by atoms with Crippen LogP contribution in [0.3, 0.4) is 0 Å². The summed E-state index contributed by atoms with van der Waals surface area (Å²) in [7, 11) is 0. The normalized spacial score (nSPS) is 11.2. The van der Waals surface area contributed by atoms with Crippen LogP contribution in [0, 0.1) is 30.3 Å². The Hall–Kier alpha value is -3.82. The maximum atomic E-state index is 10.4. The van der Waals surface area contributed by atoms with Gasteiger partial charge >= 0.3 is 11.4 Å². The molecule has 1 N–H and O–H groups in total. The van der Waals surface area contributed by atoms with Crippen LogP contribution in [-0.4, -0.2) is 19.9 Å². The number of phenolic OH excluding ortho intramolecular Hbond substituents is 1. The van der Waals surface area contributed by atoms with Crippen molar-refractivity contribution in [2.75, 3.05) is 0 Å². The van der Waals surface area contributed by atoms with E-state index in [9.17, 15) is 30.3 Å². The van der Waals surface area contributed by atoms with Crippen LogP contribution in [0.1, 0.15) is 11.1 Å². The molecule has 1 aliphatic carbocycles. The smallest absolute Gasteiger partial charge is 0.324 e. The van der Waals surface area contributed by atoms with Gasteiger partial charge in [-0.05, 0) is 17.5 Å². The van der Waals surface area contributed by atoms with Crippen LogP contribution in [-0.2, 0) is 6.42 Å². The Kier molecular flexibility index (Phi) is 5.03. The Morgan fingerprint density at radius 1 is 0.880 bits per heavy atom. The zero-order valence-electron chi connectivity index (χ0n) is 12.6. The van der Waals surface area contributed by atoms with Gasteiger partial charge in [0.05, 0.1) is 26.9 Å². The quantitative estimate of drug-likeness (QED) is 0.661. The molecule has 0 aliphatic heterocycles. The molecular formula is C15H11N3O7. The van der Waals surface area contributed by atoms with Crippen molar-refractivity contribution in [1.29, 1.82) is 0 Å². The Morgan fingerprint density at radius 2 is 1.44 bits per heavy atom. The van der Waals surface area contributed by atoms with E-state index >= 15 is 0 Å². The first-order valence-corrected chi connectivity index (χ1v) is 6.86. The van der Waals surface area contributed by atoms with Crippen molar-refractivity contribution in [2.24, 2.45) is 0 Å². The van der Waals surface area contributed by atoms with Crippen LogP contribution in [0.25, 0.3) is 6.08 Å². The van der Waals surface area contributed by atoms with Crippen LogP contribution >= 0.6 is 0 Å². The molecule has 1 aliphatic rings. The van der Waals surface area contributed by atoms with Gasteiger partial charge in [-0.1, -0.05) is 36.4 Å². The van der Waals surface area contributed by atoms with Gasteiger partial charge in [0.2, 0.25) is 0 Å². The third kappa shape index (κ3) is 3.93. The summed E-state index contributed by atoms with van der Waals surface area (Å²) in [4.78, 5) is 27.8. The van der Waals surface area contributed by atoms with Gasteiger partial charge < -0.3 is 5.11 Å². The zero-order valence-corrected chi connectivity index (χ0v) is 12.6. The van der Waals surface area contributed by atoms with Crippen molar-refractivity contribution in [3.63, 3.8) is 0 Å². The van der Waals surface area contributed by atoms with Crippen LogP contribution in [0.2, 0.25) is 0 Å². The molecule has 2 aromatic carbocycles. The molecule has 0 fully saturated rings. The summed E-state index contributed by atoms with van der Waals surface area (Å²) in [6.07, 6.45) is 5.50. The van der Waals surface area contributed by atoms with Gasteiger partial charge in [-0.15, -0.1) is 0 Å². The first-order chi connectivity index (χ1) is 11.8. The second-order valence-corrected chi connectivity index (χ2v) is 4.91. The summed E-state index contributed by atoms with van der Waals surface area (Å²) in [5.74, 6) is -1.21. The van der Waals surface area contributed by atoms with E-state index in [1.54, 1.807) is 0 Å². The summed E-state index contributed by atoms with van der Waals surface area (Å²) in [6.45, 7) is 0. The number of benzene rings is 2. The van der Waals surface area contributed by atoms with E-state index in [4.69, 9.17) is 5.11 Å². The molecule has 0 aromatic heterocycles. The lowest BCUT2D eigenvalue weighted by atomic mass is 10.1. The molecule has 25 heavy (non-hydrogen) atoms. The van der Waals surface area contributed by atoms with Crippen LogP contribution in [0.5, 0.6) is 5.75 Å². The predicted molar refractivity (Wildman–Crippen MR) is 87.3 cm³/mol. The Labute approximate surface area is 140 Å². The molecule has 0 atom stereocenters. The topological polar surface area (TPSA) is 150 Å². The highest BCUT2D eigenvalue weighted by atomic mass is 16.6. The second kappa shape index (κ2) is 7.17. The molecule has 128 valence electrons. The van der Waals surface area contributed by atoms with Crippen molar-refractivity contribution in [3.8, 4) is 5.75 Å². The molecule has 0 saturated carbocycles. The average Bonchev–Trinajstić information content (AvgIpc) is 3.03. The average molecular weight is 345 g/mol. The lowest BCUT2D eigenvalue weighted by Gasteiger charge is -1.97. The van der Waals surface area contributed by atoms with Crippen molar-refractivity contribution in [3.05, 3.63) is 83.9 Å². The summed E-state index contributed by atoms with van der Waals surface area (Å²) in [5, 5.41) is 40.2. The SMILES string of the molecule is C1=Cc2ccccc2C1.O=[N+]([O-])c1cc([N+](=O)[O-])c(O)c([N+](=O)[O-])c1. The molecule has 0 radical (unpaired) electrons. The molecule has 0 unspecified atom stereocenters. The lowest BCUT2D eigenvalue weighted by molar-refractivity contribution is -0.404. The number of phenols is 1. The minimum atomic E-state index is -1.21. The fourth-order valence-corrected chi connectivity index (χ4v) is 2.17. The second-order valence-electron chi connectivity index (χ2n) is 4.91. The number of hydrogen-bond acceptors (Lipinski definition) is 7. The fraction of sp³-hybridized carbons (Fsp3) is 0.0667. The molecule has 10 heteroatoms. The highest BCUT2D eigenvalue weighted by molar-refractivity contribution is 5.64. The van der Waals surface area contributed by atoms with Gasteiger partial charge in [-0.3, -0.25) is 30.3 Å². The van der Waals surface area contributed by atoms with E-state index in [2.05, 4.69) is 36.4 Å². The maximum Gasteiger partial charge on any atom is 0.324 e. The van der Waals surface area contributed by atoms with Gasteiger partial charge in [0.1, 0.15) is 0 Å². The number of nitro benzene ring substituents is 3. The molecule has 3 rings (SSSR count). The van der Waals surface area contributed by atoms with Crippen molar-refractivity contribution < 1.29 is 19.9 Å². The number of aromatic hydroxyl groups is 1. The van der Waals surface area contributed by atoms with E-state index in [1.165, 1.54) is 11.1 Å². The van der Waals surface area contributed by atoms with E-state index in [-0.39, 0.29) is 0 Å². The van der Waals surface area contributed by atoms with Gasteiger partial charge in [0.15, 0.2) is 0 Å². The maximum absolute atomic E-state index is 10.4. The third-order valence-electron chi connectivity index (χ3n) is 3.35. The van der Waals surface area contributed by atoms with Crippen LogP contribution < -0.4 is 0 Å². The lowest BCUT2D eigenvalue weighted by Crippen LogP contribution is -1.97. The standard InChI is InChI=1S/C9H8.C6H3N3O7/c1-2-5-9-7-3-6-8(9)4-1;10-6-4(8(13)14)1-3(7(11)12)2-5(6)9(15)16/h1-6H,7H2;1-2,10H. The summed E-state index contributed by atoms with van der Waals surface area (Å²) in [6, 6.07) is 9.39. The number of nitrogens with zero attached hydrogens (tertiary/aromatic N) is 3. The van der Waals surface area contributed by atoms with E-state index < -0.39 is 37.6 Å². The van der Waals surface area contributed by atoms with E-state index in [1.807, 2.05) is 0 Å².